The number of rotatable bonds is 3. The summed E-state index contributed by atoms with van der Waals surface area (Å²) in [6.07, 6.45) is 9.49. The highest BCUT2D eigenvalue weighted by Crippen LogP contribution is 2.31. The Labute approximate surface area is 77.1 Å². The van der Waals surface area contributed by atoms with Gasteiger partial charge < -0.3 is 0 Å². The first-order chi connectivity index (χ1) is 5.74. The molecule has 0 saturated heterocycles. The van der Waals surface area contributed by atoms with Gasteiger partial charge >= 0.3 is 0 Å². The van der Waals surface area contributed by atoms with Crippen molar-refractivity contribution in [3.05, 3.63) is 11.6 Å². The van der Waals surface area contributed by atoms with Crippen LogP contribution in [0, 0.1) is 11.8 Å². The molecule has 0 aromatic rings. The van der Waals surface area contributed by atoms with E-state index in [2.05, 4.69) is 26.8 Å². The zero-order chi connectivity index (χ0) is 8.97. The molecule has 1 aliphatic carbocycles. The predicted molar refractivity (Wildman–Crippen MR) is 55.2 cm³/mol. The second-order valence-electron chi connectivity index (χ2n) is 4.30. The highest BCUT2D eigenvalue weighted by molar-refractivity contribution is 5.08. The molecule has 0 fully saturated rings. The van der Waals surface area contributed by atoms with Crippen LogP contribution in [0.5, 0.6) is 0 Å². The second-order valence-corrected chi connectivity index (χ2v) is 4.30. The topological polar surface area (TPSA) is 0 Å². The molecule has 0 aromatic heterocycles. The molecule has 0 aliphatic heterocycles. The van der Waals surface area contributed by atoms with Crippen molar-refractivity contribution in [1.82, 2.24) is 0 Å². The summed E-state index contributed by atoms with van der Waals surface area (Å²) >= 11 is 0. The molecule has 2 atom stereocenters. The summed E-state index contributed by atoms with van der Waals surface area (Å²) in [7, 11) is 0. The molecule has 1 rings (SSSR count). The van der Waals surface area contributed by atoms with Crippen LogP contribution in [-0.2, 0) is 0 Å². The van der Waals surface area contributed by atoms with Crippen LogP contribution >= 0.6 is 0 Å². The molecule has 1 aliphatic rings. The molecule has 0 aromatic carbocycles. The van der Waals surface area contributed by atoms with Gasteiger partial charge in [-0.2, -0.15) is 0 Å². The average molecular weight is 166 g/mol. The molecule has 2 unspecified atom stereocenters. The van der Waals surface area contributed by atoms with Gasteiger partial charge in [0.15, 0.2) is 0 Å². The lowest BCUT2D eigenvalue weighted by Crippen LogP contribution is -2.10. The molecular weight excluding hydrogens is 144 g/mol. The van der Waals surface area contributed by atoms with Gasteiger partial charge in [-0.25, -0.2) is 0 Å². The molecule has 0 radical (unpaired) electrons. The summed E-state index contributed by atoms with van der Waals surface area (Å²) in [5.74, 6) is 1.75. The Balaban J connectivity index is 2.40. The first-order valence-electron chi connectivity index (χ1n) is 5.42. The second kappa shape index (κ2) is 4.69. The minimum absolute atomic E-state index is 0.836. The van der Waals surface area contributed by atoms with Crippen molar-refractivity contribution in [1.29, 1.82) is 0 Å². The smallest absolute Gasteiger partial charge is 0.0206 e. The molecule has 0 spiro atoms. The van der Waals surface area contributed by atoms with Gasteiger partial charge in [-0.1, -0.05) is 38.3 Å². The van der Waals surface area contributed by atoms with Gasteiger partial charge in [-0.3, -0.25) is 0 Å². The van der Waals surface area contributed by atoms with Gasteiger partial charge in [-0.15, -0.1) is 0 Å². The Bertz CT molecular complexity index is 155. The molecule has 0 bridgehead atoms. The lowest BCUT2D eigenvalue weighted by molar-refractivity contribution is 0.419. The number of allylic oxidation sites excluding steroid dienone is 2. The first kappa shape index (κ1) is 9.83. The molecular formula is C12H22. The van der Waals surface area contributed by atoms with Crippen LogP contribution in [0.2, 0.25) is 0 Å². The quantitative estimate of drug-likeness (QED) is 0.552. The molecule has 0 saturated carbocycles. The van der Waals surface area contributed by atoms with Crippen molar-refractivity contribution in [3.63, 3.8) is 0 Å². The van der Waals surface area contributed by atoms with E-state index in [1.54, 1.807) is 5.57 Å². The van der Waals surface area contributed by atoms with E-state index in [-0.39, 0.29) is 0 Å². The van der Waals surface area contributed by atoms with Crippen LogP contribution in [0.1, 0.15) is 52.9 Å². The van der Waals surface area contributed by atoms with Gasteiger partial charge in [0, 0.05) is 0 Å². The van der Waals surface area contributed by atoms with E-state index in [1.807, 2.05) is 0 Å². The van der Waals surface area contributed by atoms with Crippen molar-refractivity contribution in [3.8, 4) is 0 Å². The van der Waals surface area contributed by atoms with Crippen LogP contribution in [0.4, 0.5) is 0 Å². The monoisotopic (exact) mass is 166 g/mol. The van der Waals surface area contributed by atoms with Crippen LogP contribution in [-0.4, -0.2) is 0 Å². The van der Waals surface area contributed by atoms with Gasteiger partial charge in [0.1, 0.15) is 0 Å². The van der Waals surface area contributed by atoms with Crippen molar-refractivity contribution < 1.29 is 0 Å². The van der Waals surface area contributed by atoms with E-state index in [0.717, 1.165) is 11.8 Å². The lowest BCUT2D eigenvalue weighted by Gasteiger charge is -2.25. The molecule has 0 nitrogen and oxygen atoms in total. The summed E-state index contributed by atoms with van der Waals surface area (Å²) in [5, 5.41) is 0. The Morgan fingerprint density at radius 2 is 2.17 bits per heavy atom. The van der Waals surface area contributed by atoms with Crippen molar-refractivity contribution >= 4 is 0 Å². The van der Waals surface area contributed by atoms with E-state index in [0.29, 0.717) is 0 Å². The SMILES string of the molecule is CCCCC1CCC(C)C=C1C. The van der Waals surface area contributed by atoms with Gasteiger partial charge in [0.2, 0.25) is 0 Å². The maximum atomic E-state index is 2.48. The summed E-state index contributed by atoms with van der Waals surface area (Å²) in [5.41, 5.74) is 1.65. The summed E-state index contributed by atoms with van der Waals surface area (Å²) in [6.45, 7) is 6.93. The van der Waals surface area contributed by atoms with E-state index in [4.69, 9.17) is 0 Å². The van der Waals surface area contributed by atoms with Gasteiger partial charge in [-0.05, 0) is 38.0 Å². The standard InChI is InChI=1S/C12H22/c1-4-5-6-12-8-7-10(2)9-11(12)3/h9-10,12H,4-8H2,1-3H3. The maximum Gasteiger partial charge on any atom is -0.0206 e. The summed E-state index contributed by atoms with van der Waals surface area (Å²) in [6, 6.07) is 0. The van der Waals surface area contributed by atoms with Crippen LogP contribution in [0.25, 0.3) is 0 Å². The lowest BCUT2D eigenvalue weighted by atomic mass is 9.81. The van der Waals surface area contributed by atoms with Gasteiger partial charge in [0.25, 0.3) is 0 Å². The maximum absolute atomic E-state index is 2.48. The first-order valence-corrected chi connectivity index (χ1v) is 5.42. The van der Waals surface area contributed by atoms with Crippen molar-refractivity contribution in [2.24, 2.45) is 11.8 Å². The molecule has 0 heterocycles. The van der Waals surface area contributed by atoms with Crippen LogP contribution in [0.3, 0.4) is 0 Å². The Morgan fingerprint density at radius 1 is 1.42 bits per heavy atom. The summed E-state index contributed by atoms with van der Waals surface area (Å²) in [4.78, 5) is 0. The van der Waals surface area contributed by atoms with E-state index >= 15 is 0 Å². The molecule has 12 heavy (non-hydrogen) atoms. The van der Waals surface area contributed by atoms with Crippen molar-refractivity contribution in [2.75, 3.05) is 0 Å². The fourth-order valence-corrected chi connectivity index (χ4v) is 2.18. The van der Waals surface area contributed by atoms with E-state index in [9.17, 15) is 0 Å². The molecule has 0 N–H and O–H groups in total. The van der Waals surface area contributed by atoms with Crippen LogP contribution in [0.15, 0.2) is 11.6 Å². The Morgan fingerprint density at radius 3 is 2.75 bits per heavy atom. The predicted octanol–water partition coefficient (Wildman–Crippen LogP) is 4.17. The third-order valence-corrected chi connectivity index (χ3v) is 3.07. The molecule has 70 valence electrons. The average Bonchev–Trinajstić information content (AvgIpc) is 2.03. The zero-order valence-electron chi connectivity index (χ0n) is 8.77. The fraction of sp³-hybridized carbons (Fsp3) is 0.833. The Kier molecular flexibility index (Phi) is 3.84. The third-order valence-electron chi connectivity index (χ3n) is 3.07. The van der Waals surface area contributed by atoms with E-state index in [1.165, 1.54) is 32.1 Å². The third kappa shape index (κ3) is 2.66. The minimum Gasteiger partial charge on any atom is -0.0825 e. The highest BCUT2D eigenvalue weighted by atomic mass is 14.2. The minimum atomic E-state index is 0.836. The number of unbranched alkanes of at least 4 members (excludes halogenated alkanes) is 1. The zero-order valence-corrected chi connectivity index (χ0v) is 8.77. The van der Waals surface area contributed by atoms with Gasteiger partial charge in [0.05, 0.1) is 0 Å². The normalized spacial score (nSPS) is 30.1. The highest BCUT2D eigenvalue weighted by Gasteiger charge is 2.16. The number of hydrogen-bond donors (Lipinski definition) is 0. The van der Waals surface area contributed by atoms with Crippen molar-refractivity contribution in [2.45, 2.75) is 52.9 Å². The van der Waals surface area contributed by atoms with E-state index < -0.39 is 0 Å². The molecule has 0 amide bonds. The largest absolute Gasteiger partial charge is 0.0825 e. The Hall–Kier alpha value is -0.260. The summed E-state index contributed by atoms with van der Waals surface area (Å²) < 4.78 is 0. The number of hydrogen-bond acceptors (Lipinski definition) is 0. The molecule has 0 heteroatoms. The van der Waals surface area contributed by atoms with Crippen LogP contribution < -0.4 is 0 Å². The fourth-order valence-electron chi connectivity index (χ4n) is 2.18.